The highest BCUT2D eigenvalue weighted by molar-refractivity contribution is 8.00. The summed E-state index contributed by atoms with van der Waals surface area (Å²) in [5, 5.41) is 5.10. The molecule has 6 heteroatoms. The minimum atomic E-state index is -0.00448. The summed E-state index contributed by atoms with van der Waals surface area (Å²) in [5.41, 5.74) is 3.35. The molecule has 25 heavy (non-hydrogen) atoms. The average molecular weight is 370 g/mol. The van der Waals surface area contributed by atoms with Crippen LogP contribution in [0.25, 0.3) is 10.2 Å². The lowest BCUT2D eigenvalue weighted by Crippen LogP contribution is -2.14. The largest absolute Gasteiger partial charge is 0.325 e. The van der Waals surface area contributed by atoms with E-state index in [0.717, 1.165) is 33.9 Å². The second kappa shape index (κ2) is 7.14. The lowest BCUT2D eigenvalue weighted by molar-refractivity contribution is -0.113. The molecule has 0 bridgehead atoms. The number of thioether (sulfide) groups is 1. The third kappa shape index (κ3) is 3.41. The Bertz CT molecular complexity index is 936. The van der Waals surface area contributed by atoms with Gasteiger partial charge in [-0.15, -0.1) is 11.3 Å². The number of para-hydroxylation sites is 1. The third-order valence-corrected chi connectivity index (χ3v) is 6.67. The molecular formula is C19H19N3OS2. The number of thiophene rings is 1. The quantitative estimate of drug-likeness (QED) is 0.539. The predicted molar refractivity (Wildman–Crippen MR) is 105 cm³/mol. The summed E-state index contributed by atoms with van der Waals surface area (Å²) < 4.78 is 0. The van der Waals surface area contributed by atoms with Gasteiger partial charge in [-0.3, -0.25) is 4.79 Å². The van der Waals surface area contributed by atoms with Crippen LogP contribution in [0.1, 0.15) is 28.8 Å². The maximum atomic E-state index is 12.3. The molecule has 0 atom stereocenters. The fourth-order valence-corrected chi connectivity index (χ4v) is 5.32. The molecule has 0 unspecified atom stereocenters. The van der Waals surface area contributed by atoms with Crippen LogP contribution in [0.15, 0.2) is 35.6 Å². The molecule has 1 aliphatic rings. The molecule has 1 amide bonds. The van der Waals surface area contributed by atoms with E-state index in [9.17, 15) is 4.79 Å². The molecule has 128 valence electrons. The first-order valence-electron chi connectivity index (χ1n) is 8.46. The standard InChI is InChI=1S/C19H19N3OS2/c1-12-6-2-4-8-14(12)22-16(23)10-24-18-17-13-7-3-5-9-15(13)25-19(17)21-11-20-18/h2,4,6,8,11H,3,5,7,9-10H2,1H3,(H,22,23). The van der Waals surface area contributed by atoms with Gasteiger partial charge in [-0.1, -0.05) is 30.0 Å². The van der Waals surface area contributed by atoms with E-state index in [1.807, 2.05) is 31.2 Å². The Hall–Kier alpha value is -1.92. The zero-order valence-corrected chi connectivity index (χ0v) is 15.7. The zero-order valence-electron chi connectivity index (χ0n) is 14.0. The van der Waals surface area contributed by atoms with Gasteiger partial charge in [0.25, 0.3) is 0 Å². The lowest BCUT2D eigenvalue weighted by atomic mass is 9.97. The van der Waals surface area contributed by atoms with Gasteiger partial charge in [0, 0.05) is 16.0 Å². The van der Waals surface area contributed by atoms with Crippen molar-refractivity contribution in [2.75, 3.05) is 11.1 Å². The second-order valence-electron chi connectivity index (χ2n) is 6.22. The molecule has 0 saturated carbocycles. The Kier molecular flexibility index (Phi) is 4.72. The molecule has 0 radical (unpaired) electrons. The van der Waals surface area contributed by atoms with Gasteiger partial charge in [-0.25, -0.2) is 9.97 Å². The van der Waals surface area contributed by atoms with E-state index < -0.39 is 0 Å². The molecular weight excluding hydrogens is 350 g/mol. The number of benzene rings is 1. The lowest BCUT2D eigenvalue weighted by Gasteiger charge is -2.11. The number of nitrogens with one attached hydrogen (secondary N) is 1. The molecule has 0 saturated heterocycles. The van der Waals surface area contributed by atoms with Crippen molar-refractivity contribution in [1.82, 2.24) is 9.97 Å². The number of amides is 1. The summed E-state index contributed by atoms with van der Waals surface area (Å²) in [6, 6.07) is 7.82. The predicted octanol–water partition coefficient (Wildman–Crippen LogP) is 4.61. The Morgan fingerprint density at radius 3 is 2.96 bits per heavy atom. The third-order valence-electron chi connectivity index (χ3n) is 4.48. The highest BCUT2D eigenvalue weighted by Crippen LogP contribution is 2.39. The average Bonchev–Trinajstić information content (AvgIpc) is 3.01. The van der Waals surface area contributed by atoms with Crippen LogP contribution in [0, 0.1) is 6.92 Å². The number of aryl methyl sites for hydroxylation is 3. The smallest absolute Gasteiger partial charge is 0.234 e. The number of nitrogens with zero attached hydrogens (tertiary/aromatic N) is 2. The van der Waals surface area contributed by atoms with Crippen LogP contribution >= 0.6 is 23.1 Å². The summed E-state index contributed by atoms with van der Waals surface area (Å²) >= 11 is 3.29. The van der Waals surface area contributed by atoms with E-state index in [2.05, 4.69) is 15.3 Å². The number of fused-ring (bicyclic) bond motifs is 3. The molecule has 1 N–H and O–H groups in total. The molecule has 0 spiro atoms. The van der Waals surface area contributed by atoms with E-state index in [0.29, 0.717) is 5.75 Å². The Balaban J connectivity index is 1.52. The van der Waals surface area contributed by atoms with E-state index in [1.165, 1.54) is 40.4 Å². The maximum absolute atomic E-state index is 12.3. The van der Waals surface area contributed by atoms with Crippen LogP contribution in [0.3, 0.4) is 0 Å². The highest BCUT2D eigenvalue weighted by Gasteiger charge is 2.20. The SMILES string of the molecule is Cc1ccccc1NC(=O)CSc1ncnc2sc3c(c12)CCCC3. The zero-order chi connectivity index (χ0) is 17.2. The molecule has 3 aromatic rings. The van der Waals surface area contributed by atoms with Crippen LogP contribution in [0.5, 0.6) is 0 Å². The van der Waals surface area contributed by atoms with E-state index in [-0.39, 0.29) is 5.91 Å². The van der Waals surface area contributed by atoms with Crippen molar-refractivity contribution >= 4 is 44.9 Å². The van der Waals surface area contributed by atoms with Crippen molar-refractivity contribution in [3.8, 4) is 0 Å². The van der Waals surface area contributed by atoms with Gasteiger partial charge >= 0.3 is 0 Å². The number of carbonyl (C=O) groups is 1. The van der Waals surface area contributed by atoms with E-state index in [1.54, 1.807) is 17.7 Å². The molecule has 0 fully saturated rings. The fourth-order valence-electron chi connectivity index (χ4n) is 3.20. The van der Waals surface area contributed by atoms with Crippen LogP contribution in [-0.4, -0.2) is 21.6 Å². The van der Waals surface area contributed by atoms with E-state index in [4.69, 9.17) is 0 Å². The van der Waals surface area contributed by atoms with Crippen LogP contribution in [0.2, 0.25) is 0 Å². The van der Waals surface area contributed by atoms with Gasteiger partial charge in [0.2, 0.25) is 5.91 Å². The topological polar surface area (TPSA) is 54.9 Å². The summed E-state index contributed by atoms with van der Waals surface area (Å²) in [6.45, 7) is 1.99. The van der Waals surface area contributed by atoms with Crippen LogP contribution < -0.4 is 5.32 Å². The van der Waals surface area contributed by atoms with Crippen molar-refractivity contribution in [3.63, 3.8) is 0 Å². The Morgan fingerprint density at radius 2 is 2.08 bits per heavy atom. The summed E-state index contributed by atoms with van der Waals surface area (Å²) in [7, 11) is 0. The molecule has 1 aliphatic carbocycles. The van der Waals surface area contributed by atoms with Crippen molar-refractivity contribution < 1.29 is 4.79 Å². The monoisotopic (exact) mass is 369 g/mol. The number of hydrogen-bond acceptors (Lipinski definition) is 5. The second-order valence-corrected chi connectivity index (χ2v) is 8.27. The van der Waals surface area contributed by atoms with Crippen LogP contribution in [-0.2, 0) is 17.6 Å². The van der Waals surface area contributed by atoms with Crippen molar-refractivity contribution in [2.24, 2.45) is 0 Å². The van der Waals surface area contributed by atoms with Gasteiger partial charge in [0.15, 0.2) is 0 Å². The first kappa shape index (κ1) is 16.5. The molecule has 2 heterocycles. The first-order valence-corrected chi connectivity index (χ1v) is 10.3. The van der Waals surface area contributed by atoms with Gasteiger partial charge in [-0.05, 0) is 49.8 Å². The molecule has 4 rings (SSSR count). The Morgan fingerprint density at radius 1 is 1.24 bits per heavy atom. The summed E-state index contributed by atoms with van der Waals surface area (Å²) in [4.78, 5) is 23.7. The minimum Gasteiger partial charge on any atom is -0.325 e. The van der Waals surface area contributed by atoms with Gasteiger partial charge in [0.1, 0.15) is 16.2 Å². The molecule has 0 aliphatic heterocycles. The molecule has 1 aromatic carbocycles. The number of anilines is 1. The minimum absolute atomic E-state index is 0.00448. The number of aromatic nitrogens is 2. The first-order chi connectivity index (χ1) is 12.2. The van der Waals surface area contributed by atoms with Gasteiger partial charge in [-0.2, -0.15) is 0 Å². The van der Waals surface area contributed by atoms with Crippen molar-refractivity contribution in [1.29, 1.82) is 0 Å². The number of carbonyl (C=O) groups excluding carboxylic acids is 1. The summed E-state index contributed by atoms with van der Waals surface area (Å²) in [6.07, 6.45) is 6.35. The van der Waals surface area contributed by atoms with Crippen LogP contribution in [0.4, 0.5) is 5.69 Å². The van der Waals surface area contributed by atoms with E-state index >= 15 is 0 Å². The highest BCUT2D eigenvalue weighted by atomic mass is 32.2. The molecule has 4 nitrogen and oxygen atoms in total. The molecule has 2 aromatic heterocycles. The summed E-state index contributed by atoms with van der Waals surface area (Å²) in [5.74, 6) is 0.348. The van der Waals surface area contributed by atoms with Gasteiger partial charge in [0.05, 0.1) is 5.75 Å². The van der Waals surface area contributed by atoms with Crippen molar-refractivity contribution in [2.45, 2.75) is 37.6 Å². The maximum Gasteiger partial charge on any atom is 0.234 e. The normalized spacial score (nSPS) is 13.6. The fraction of sp³-hybridized carbons (Fsp3) is 0.316. The van der Waals surface area contributed by atoms with Gasteiger partial charge < -0.3 is 5.32 Å². The number of rotatable bonds is 4. The van der Waals surface area contributed by atoms with Crippen molar-refractivity contribution in [3.05, 3.63) is 46.6 Å². The number of hydrogen-bond donors (Lipinski definition) is 1. The Labute approximate surface area is 155 Å².